The van der Waals surface area contributed by atoms with E-state index in [4.69, 9.17) is 0 Å². The zero-order valence-electron chi connectivity index (χ0n) is 10.0. The molecule has 1 atom stereocenters. The van der Waals surface area contributed by atoms with E-state index in [1.807, 2.05) is 61.5 Å². The number of carbonyl (C=O) groups is 1. The molecule has 0 fully saturated rings. The lowest BCUT2D eigenvalue weighted by Crippen LogP contribution is -2.07. The monoisotopic (exact) mass is 258 g/mol. The highest BCUT2D eigenvalue weighted by molar-refractivity contribution is 8.00. The number of benzene rings is 2. The van der Waals surface area contributed by atoms with Gasteiger partial charge in [-0.2, -0.15) is 0 Å². The van der Waals surface area contributed by atoms with Crippen molar-refractivity contribution < 1.29 is 9.90 Å². The Hall–Kier alpha value is -1.74. The van der Waals surface area contributed by atoms with E-state index in [-0.39, 0.29) is 0 Å². The van der Waals surface area contributed by atoms with Crippen LogP contribution in [0.25, 0.3) is 0 Å². The largest absolute Gasteiger partial charge is 0.480 e. The number of carboxylic acids is 1. The highest BCUT2D eigenvalue weighted by Crippen LogP contribution is 2.36. The number of rotatable bonds is 4. The molecule has 0 saturated heterocycles. The predicted molar refractivity (Wildman–Crippen MR) is 73.9 cm³/mol. The van der Waals surface area contributed by atoms with Crippen LogP contribution >= 0.6 is 11.8 Å². The maximum Gasteiger partial charge on any atom is 0.321 e. The molecule has 1 N–H and O–H groups in total. The average molecular weight is 258 g/mol. The minimum Gasteiger partial charge on any atom is -0.480 e. The van der Waals surface area contributed by atoms with Crippen LogP contribution in [0.4, 0.5) is 0 Å². The van der Waals surface area contributed by atoms with Gasteiger partial charge in [0, 0.05) is 4.90 Å². The third-order valence-corrected chi connectivity index (χ3v) is 4.09. The number of thioether (sulfide) groups is 1. The molecule has 2 aromatic rings. The van der Waals surface area contributed by atoms with E-state index in [2.05, 4.69) is 0 Å². The number of carboxylic acid groups (broad SMARTS) is 1. The standard InChI is InChI=1S/C15H14O2S/c1-11-7-5-6-10-13(11)18-14(15(16)17)12-8-3-2-4-9-12/h2-10,14H,1H3,(H,16,17). The molecule has 18 heavy (non-hydrogen) atoms. The van der Waals surface area contributed by atoms with Crippen LogP contribution in [0.5, 0.6) is 0 Å². The van der Waals surface area contributed by atoms with Crippen LogP contribution in [-0.2, 0) is 4.79 Å². The highest BCUT2D eigenvalue weighted by atomic mass is 32.2. The first-order valence-corrected chi connectivity index (χ1v) is 6.56. The van der Waals surface area contributed by atoms with Crippen molar-refractivity contribution in [3.63, 3.8) is 0 Å². The molecule has 0 radical (unpaired) electrons. The molecule has 2 nitrogen and oxygen atoms in total. The van der Waals surface area contributed by atoms with Gasteiger partial charge in [-0.05, 0) is 24.1 Å². The Bertz CT molecular complexity index is 537. The van der Waals surface area contributed by atoms with E-state index in [9.17, 15) is 9.90 Å². The minimum absolute atomic E-state index is 0.563. The number of aryl methyl sites for hydroxylation is 1. The highest BCUT2D eigenvalue weighted by Gasteiger charge is 2.21. The predicted octanol–water partition coefficient (Wildman–Crippen LogP) is 3.91. The Morgan fingerprint density at radius 3 is 2.28 bits per heavy atom. The molecular formula is C15H14O2S. The van der Waals surface area contributed by atoms with Crippen LogP contribution in [0.3, 0.4) is 0 Å². The number of hydrogen-bond acceptors (Lipinski definition) is 2. The van der Waals surface area contributed by atoms with Gasteiger partial charge in [0.2, 0.25) is 0 Å². The van der Waals surface area contributed by atoms with E-state index in [0.717, 1.165) is 16.0 Å². The van der Waals surface area contributed by atoms with Crippen LogP contribution in [0.15, 0.2) is 59.5 Å². The van der Waals surface area contributed by atoms with Crippen molar-refractivity contribution in [1.82, 2.24) is 0 Å². The molecular weight excluding hydrogens is 244 g/mol. The van der Waals surface area contributed by atoms with Gasteiger partial charge in [-0.3, -0.25) is 4.79 Å². The summed E-state index contributed by atoms with van der Waals surface area (Å²) in [6.07, 6.45) is 0. The van der Waals surface area contributed by atoms with Crippen LogP contribution < -0.4 is 0 Å². The molecule has 92 valence electrons. The van der Waals surface area contributed by atoms with Crippen molar-refractivity contribution in [3.8, 4) is 0 Å². The summed E-state index contributed by atoms with van der Waals surface area (Å²) in [7, 11) is 0. The van der Waals surface area contributed by atoms with Gasteiger partial charge in [0.15, 0.2) is 0 Å². The average Bonchev–Trinajstić information content (AvgIpc) is 2.38. The first-order chi connectivity index (χ1) is 8.68. The topological polar surface area (TPSA) is 37.3 Å². The van der Waals surface area contributed by atoms with Crippen molar-refractivity contribution in [2.75, 3.05) is 0 Å². The van der Waals surface area contributed by atoms with Crippen molar-refractivity contribution in [3.05, 3.63) is 65.7 Å². The van der Waals surface area contributed by atoms with Gasteiger partial charge in [0.1, 0.15) is 5.25 Å². The number of hydrogen-bond donors (Lipinski definition) is 1. The van der Waals surface area contributed by atoms with Crippen molar-refractivity contribution in [2.45, 2.75) is 17.1 Å². The smallest absolute Gasteiger partial charge is 0.321 e. The van der Waals surface area contributed by atoms with Crippen LogP contribution in [-0.4, -0.2) is 11.1 Å². The Morgan fingerprint density at radius 1 is 1.06 bits per heavy atom. The van der Waals surface area contributed by atoms with Crippen molar-refractivity contribution >= 4 is 17.7 Å². The van der Waals surface area contributed by atoms with E-state index in [1.54, 1.807) is 0 Å². The Kier molecular flexibility index (Phi) is 4.05. The minimum atomic E-state index is -0.811. The summed E-state index contributed by atoms with van der Waals surface area (Å²) in [6.45, 7) is 1.99. The normalized spacial score (nSPS) is 12.1. The van der Waals surface area contributed by atoms with Gasteiger partial charge in [-0.25, -0.2) is 0 Å². The zero-order valence-corrected chi connectivity index (χ0v) is 10.9. The molecule has 0 amide bonds. The summed E-state index contributed by atoms with van der Waals surface area (Å²) in [6, 6.07) is 17.2. The first kappa shape index (κ1) is 12.7. The third kappa shape index (κ3) is 2.93. The zero-order chi connectivity index (χ0) is 13.0. The van der Waals surface area contributed by atoms with Crippen molar-refractivity contribution in [1.29, 1.82) is 0 Å². The van der Waals surface area contributed by atoms with Gasteiger partial charge in [0.05, 0.1) is 0 Å². The molecule has 0 spiro atoms. The van der Waals surface area contributed by atoms with Gasteiger partial charge in [-0.1, -0.05) is 48.5 Å². The van der Waals surface area contributed by atoms with Crippen LogP contribution in [0, 0.1) is 6.92 Å². The lowest BCUT2D eigenvalue weighted by molar-refractivity contribution is -0.136. The molecule has 0 saturated carbocycles. The Balaban J connectivity index is 2.28. The van der Waals surface area contributed by atoms with Gasteiger partial charge < -0.3 is 5.11 Å². The lowest BCUT2D eigenvalue weighted by atomic mass is 10.1. The molecule has 1 unspecified atom stereocenters. The maximum absolute atomic E-state index is 11.4. The second-order valence-corrected chi connectivity index (χ2v) is 5.16. The molecule has 0 aliphatic heterocycles. The Morgan fingerprint density at radius 2 is 1.67 bits per heavy atom. The molecule has 2 rings (SSSR count). The molecule has 2 aromatic carbocycles. The van der Waals surface area contributed by atoms with Gasteiger partial charge in [-0.15, -0.1) is 11.8 Å². The second-order valence-electron chi connectivity index (χ2n) is 4.01. The van der Waals surface area contributed by atoms with Gasteiger partial charge in [0.25, 0.3) is 0 Å². The van der Waals surface area contributed by atoms with Gasteiger partial charge >= 0.3 is 5.97 Å². The SMILES string of the molecule is Cc1ccccc1SC(C(=O)O)c1ccccc1. The fourth-order valence-corrected chi connectivity index (χ4v) is 2.76. The lowest BCUT2D eigenvalue weighted by Gasteiger charge is -2.13. The molecule has 0 heterocycles. The summed E-state index contributed by atoms with van der Waals surface area (Å²) < 4.78 is 0. The Labute approximate surface area is 111 Å². The summed E-state index contributed by atoms with van der Waals surface area (Å²) >= 11 is 1.38. The van der Waals surface area contributed by atoms with E-state index < -0.39 is 11.2 Å². The molecule has 0 aromatic heterocycles. The van der Waals surface area contributed by atoms with E-state index >= 15 is 0 Å². The summed E-state index contributed by atoms with van der Waals surface area (Å²) in [5, 5.41) is 8.80. The summed E-state index contributed by atoms with van der Waals surface area (Å²) in [5.41, 5.74) is 1.92. The fraction of sp³-hybridized carbons (Fsp3) is 0.133. The quantitative estimate of drug-likeness (QED) is 0.845. The van der Waals surface area contributed by atoms with Crippen LogP contribution in [0.2, 0.25) is 0 Å². The third-order valence-electron chi connectivity index (χ3n) is 2.67. The fourth-order valence-electron chi connectivity index (χ4n) is 1.70. The summed E-state index contributed by atoms with van der Waals surface area (Å²) in [4.78, 5) is 12.4. The second kappa shape index (κ2) is 5.74. The maximum atomic E-state index is 11.4. The van der Waals surface area contributed by atoms with Crippen LogP contribution in [0.1, 0.15) is 16.4 Å². The number of aliphatic carboxylic acids is 1. The molecule has 0 aliphatic rings. The van der Waals surface area contributed by atoms with E-state index in [1.165, 1.54) is 11.8 Å². The summed E-state index contributed by atoms with van der Waals surface area (Å²) in [5.74, 6) is -0.811. The first-order valence-electron chi connectivity index (χ1n) is 5.68. The molecule has 3 heteroatoms. The molecule has 0 aliphatic carbocycles. The molecule has 0 bridgehead atoms. The van der Waals surface area contributed by atoms with Crippen molar-refractivity contribution in [2.24, 2.45) is 0 Å². The van der Waals surface area contributed by atoms with E-state index in [0.29, 0.717) is 0 Å².